The second-order valence-electron chi connectivity index (χ2n) is 6.76. The maximum absolute atomic E-state index is 12.1. The lowest BCUT2D eigenvalue weighted by Crippen LogP contribution is -2.27. The van der Waals surface area contributed by atoms with E-state index in [1.54, 1.807) is 0 Å². The summed E-state index contributed by atoms with van der Waals surface area (Å²) in [4.78, 5) is 59.9. The number of imidazole rings is 1. The number of phosphoric ester groups is 1. The molecule has 1 aliphatic rings. The maximum atomic E-state index is 12.1. The van der Waals surface area contributed by atoms with Gasteiger partial charge in [0.05, 0.1) is 25.0 Å². The molecule has 18 nitrogen and oxygen atoms in total. The predicted octanol–water partition coefficient (Wildman–Crippen LogP) is -0.173. The van der Waals surface area contributed by atoms with E-state index >= 15 is 0 Å². The van der Waals surface area contributed by atoms with Crippen molar-refractivity contribution in [3.63, 3.8) is 0 Å². The van der Waals surface area contributed by atoms with E-state index in [0.29, 0.717) is 0 Å². The van der Waals surface area contributed by atoms with Crippen LogP contribution in [0.1, 0.15) is 19.6 Å². The van der Waals surface area contributed by atoms with Crippen LogP contribution in [0.3, 0.4) is 0 Å². The first kappa shape index (κ1) is 25.8. The molecule has 0 bridgehead atoms. The minimum absolute atomic E-state index is 0.0153. The van der Waals surface area contributed by atoms with Crippen molar-refractivity contribution >= 4 is 52.2 Å². The van der Waals surface area contributed by atoms with E-state index in [-0.39, 0.29) is 35.1 Å². The first-order chi connectivity index (χ1) is 15.1. The van der Waals surface area contributed by atoms with Gasteiger partial charge in [0.1, 0.15) is 17.5 Å². The van der Waals surface area contributed by atoms with Crippen molar-refractivity contribution in [1.82, 2.24) is 19.5 Å². The van der Waals surface area contributed by atoms with Crippen LogP contribution in [0.4, 0.5) is 11.8 Å². The van der Waals surface area contributed by atoms with Crippen LogP contribution >= 0.6 is 23.5 Å². The maximum Gasteiger partial charge on any atom is 0.490 e. The van der Waals surface area contributed by atoms with E-state index < -0.39 is 48.3 Å². The molecule has 33 heavy (non-hydrogen) atoms. The van der Waals surface area contributed by atoms with Gasteiger partial charge in [0.15, 0.2) is 11.5 Å². The minimum Gasteiger partial charge on any atom is -0.382 e. The van der Waals surface area contributed by atoms with Crippen molar-refractivity contribution in [3.8, 4) is 0 Å². The van der Waals surface area contributed by atoms with Crippen LogP contribution in [0.5, 0.6) is 0 Å². The summed E-state index contributed by atoms with van der Waals surface area (Å²) < 4.78 is 53.1. The number of phosphoric acid groups is 3. The molecule has 5 unspecified atom stereocenters. The molecule has 0 aromatic carbocycles. The molecule has 21 heteroatoms. The van der Waals surface area contributed by atoms with E-state index in [1.165, 1.54) is 17.8 Å². The Balaban J connectivity index is 1.75. The monoisotopic (exact) mass is 532 g/mol. The highest BCUT2D eigenvalue weighted by atomic mass is 31.3. The van der Waals surface area contributed by atoms with E-state index in [0.717, 1.165) is 0 Å². The lowest BCUT2D eigenvalue weighted by molar-refractivity contribution is -0.123. The standard InChI is InChI=1S/C12H19N6O12P3/c1-5(19)6-2-8(18-4-15-9-10(13)16-12(14)17-11(9)18)28-7(6)3-27-32(23,24)30-33(25,26)29-31(20,21)22/h4,6-8H,2-3H2,1H3,(H,23,24)(H,25,26)(H2,20,21,22)(H4,13,14,16,17). The molecule has 3 rings (SSSR count). The van der Waals surface area contributed by atoms with Crippen molar-refractivity contribution in [1.29, 1.82) is 0 Å². The second-order valence-corrected chi connectivity index (χ2v) is 11.2. The molecule has 1 fully saturated rings. The lowest BCUT2D eigenvalue weighted by atomic mass is 9.97. The van der Waals surface area contributed by atoms with Crippen molar-refractivity contribution in [2.45, 2.75) is 25.7 Å². The average Bonchev–Trinajstić information content (AvgIpc) is 3.20. The Bertz CT molecular complexity index is 1210. The summed E-state index contributed by atoms with van der Waals surface area (Å²) in [6.45, 7) is 0.467. The zero-order chi connectivity index (χ0) is 24.8. The van der Waals surface area contributed by atoms with Crippen LogP contribution in [0.2, 0.25) is 0 Å². The summed E-state index contributed by atoms with van der Waals surface area (Å²) in [7, 11) is -16.6. The van der Waals surface area contributed by atoms with Gasteiger partial charge in [-0.2, -0.15) is 18.6 Å². The minimum atomic E-state index is -5.68. The number of hydrogen-bond acceptors (Lipinski definition) is 13. The fourth-order valence-electron chi connectivity index (χ4n) is 3.12. The number of carbonyl (C=O) groups excluding carboxylic acids is 1. The third kappa shape index (κ3) is 6.41. The molecule has 1 saturated heterocycles. The molecule has 1 aliphatic heterocycles. The molecular formula is C12H19N6O12P3. The number of carbonyl (C=O) groups is 1. The molecular weight excluding hydrogens is 513 g/mol. The number of rotatable bonds is 9. The molecule has 2 aromatic rings. The molecule has 0 amide bonds. The summed E-state index contributed by atoms with van der Waals surface area (Å²) in [6.07, 6.45) is -0.602. The van der Waals surface area contributed by atoms with E-state index in [1.807, 2.05) is 0 Å². The molecule has 0 saturated carbocycles. The van der Waals surface area contributed by atoms with Crippen molar-refractivity contribution in [3.05, 3.63) is 6.33 Å². The van der Waals surface area contributed by atoms with Crippen LogP contribution in [0, 0.1) is 5.92 Å². The van der Waals surface area contributed by atoms with Gasteiger partial charge in [-0.15, -0.1) is 0 Å². The molecule has 184 valence electrons. The number of aromatic nitrogens is 4. The number of ketones is 1. The molecule has 3 heterocycles. The Morgan fingerprint density at radius 1 is 1.18 bits per heavy atom. The van der Waals surface area contributed by atoms with Crippen LogP contribution in [-0.2, 0) is 36.4 Å². The zero-order valence-electron chi connectivity index (χ0n) is 16.6. The first-order valence-electron chi connectivity index (χ1n) is 8.77. The molecule has 2 aromatic heterocycles. The number of nitrogens with two attached hydrogens (primary N) is 2. The molecule has 0 radical (unpaired) electrons. The van der Waals surface area contributed by atoms with Gasteiger partial charge in [0.25, 0.3) is 0 Å². The topological polar surface area (TPSA) is 282 Å². The van der Waals surface area contributed by atoms with Crippen LogP contribution in [0.25, 0.3) is 11.2 Å². The number of anilines is 2. The Morgan fingerprint density at radius 3 is 2.45 bits per heavy atom. The fraction of sp³-hybridized carbons (Fsp3) is 0.500. The van der Waals surface area contributed by atoms with Crippen LogP contribution < -0.4 is 11.5 Å². The van der Waals surface area contributed by atoms with Gasteiger partial charge in [-0.25, -0.2) is 18.7 Å². The molecule has 8 N–H and O–H groups in total. The van der Waals surface area contributed by atoms with E-state index in [9.17, 15) is 28.3 Å². The third-order valence-electron chi connectivity index (χ3n) is 4.35. The van der Waals surface area contributed by atoms with Gasteiger partial charge in [-0.05, 0) is 6.92 Å². The summed E-state index contributed by atoms with van der Waals surface area (Å²) in [6, 6.07) is 0. The molecule has 0 spiro atoms. The van der Waals surface area contributed by atoms with Gasteiger partial charge in [0.2, 0.25) is 5.95 Å². The Hall–Kier alpha value is -1.81. The van der Waals surface area contributed by atoms with Gasteiger partial charge < -0.3 is 35.8 Å². The summed E-state index contributed by atoms with van der Waals surface area (Å²) in [5.41, 5.74) is 11.8. The number of hydrogen-bond donors (Lipinski definition) is 6. The number of Topliss-reactive ketones (excluding diaryl/α,β-unsaturated/α-hetero) is 1. The first-order valence-corrected chi connectivity index (χ1v) is 13.3. The van der Waals surface area contributed by atoms with E-state index in [4.69, 9.17) is 26.0 Å². The SMILES string of the molecule is CC(=O)C1CC(n2cnc3c(N)nc(N)nc32)OC1COP(=O)(O)OP(=O)(O)OP(=O)(O)O. The smallest absolute Gasteiger partial charge is 0.382 e. The highest BCUT2D eigenvalue weighted by Crippen LogP contribution is 2.66. The Morgan fingerprint density at radius 2 is 1.85 bits per heavy atom. The van der Waals surface area contributed by atoms with Crippen LogP contribution in [0.15, 0.2) is 6.33 Å². The van der Waals surface area contributed by atoms with E-state index in [2.05, 4.69) is 28.1 Å². The quantitative estimate of drug-likeness (QED) is 0.228. The van der Waals surface area contributed by atoms with Crippen molar-refractivity contribution in [2.75, 3.05) is 18.1 Å². The Labute approximate surface area is 184 Å². The third-order valence-corrected chi connectivity index (χ3v) is 8.15. The summed E-state index contributed by atoms with van der Waals surface area (Å²) in [5, 5.41) is 0. The van der Waals surface area contributed by atoms with Gasteiger partial charge >= 0.3 is 23.5 Å². The number of nitrogen functional groups attached to an aromatic ring is 2. The zero-order valence-corrected chi connectivity index (χ0v) is 19.2. The van der Waals surface area contributed by atoms with Crippen LogP contribution in [-0.4, -0.2) is 57.6 Å². The van der Waals surface area contributed by atoms with Crippen molar-refractivity contribution in [2.24, 2.45) is 5.92 Å². The Kier molecular flexibility index (Phi) is 7.11. The lowest BCUT2D eigenvalue weighted by Gasteiger charge is -2.20. The summed E-state index contributed by atoms with van der Waals surface area (Å²) in [5.74, 6) is -1.33. The predicted molar refractivity (Wildman–Crippen MR) is 107 cm³/mol. The average molecular weight is 532 g/mol. The highest BCUT2D eigenvalue weighted by molar-refractivity contribution is 7.66. The highest BCUT2D eigenvalue weighted by Gasteiger charge is 2.44. The van der Waals surface area contributed by atoms with Crippen molar-refractivity contribution < 1.29 is 55.9 Å². The molecule has 0 aliphatic carbocycles. The van der Waals surface area contributed by atoms with Gasteiger partial charge in [-0.1, -0.05) is 0 Å². The number of nitrogens with zero attached hydrogens (tertiary/aromatic N) is 4. The second kappa shape index (κ2) is 9.09. The number of fused-ring (bicyclic) bond motifs is 1. The van der Waals surface area contributed by atoms with Gasteiger partial charge in [0, 0.05) is 6.42 Å². The van der Waals surface area contributed by atoms with Gasteiger partial charge in [-0.3, -0.25) is 13.9 Å². The largest absolute Gasteiger partial charge is 0.490 e. The normalized spacial score (nSPS) is 25.1. The summed E-state index contributed by atoms with van der Waals surface area (Å²) >= 11 is 0. The molecule has 5 atom stereocenters. The fourth-order valence-corrected chi connectivity index (χ4v) is 6.15. The number of ether oxygens (including phenoxy) is 1.